The van der Waals surface area contributed by atoms with Gasteiger partial charge in [0.1, 0.15) is 11.9 Å². The second-order valence-electron chi connectivity index (χ2n) is 6.26. The zero-order valence-electron chi connectivity index (χ0n) is 15.2. The lowest BCUT2D eigenvalue weighted by Crippen LogP contribution is -2.40. The van der Waals surface area contributed by atoms with Crippen LogP contribution in [0, 0.1) is 5.82 Å². The molecule has 0 radical (unpaired) electrons. The molecule has 1 atom stereocenters. The average Bonchev–Trinajstić information content (AvgIpc) is 2.72. The summed E-state index contributed by atoms with van der Waals surface area (Å²) >= 11 is 5.86. The molecule has 5 nitrogen and oxygen atoms in total. The van der Waals surface area contributed by atoms with Gasteiger partial charge in [0, 0.05) is 11.6 Å². The zero-order chi connectivity index (χ0) is 20.9. The number of hydrogen-bond donors (Lipinski definition) is 2. The molecule has 0 aromatic heterocycles. The summed E-state index contributed by atoms with van der Waals surface area (Å²) in [5.74, 6) is -1.07. The van der Waals surface area contributed by atoms with Gasteiger partial charge < -0.3 is 5.32 Å². The number of halogens is 2. The summed E-state index contributed by atoms with van der Waals surface area (Å²) in [4.78, 5) is 12.7. The lowest BCUT2D eigenvalue weighted by Gasteiger charge is -2.19. The third-order valence-electron chi connectivity index (χ3n) is 4.17. The van der Waals surface area contributed by atoms with Crippen LogP contribution in [0.15, 0.2) is 83.8 Å². The quantitative estimate of drug-likeness (QED) is 0.596. The lowest BCUT2D eigenvalue weighted by atomic mass is 10.1. The number of amides is 1. The highest BCUT2D eigenvalue weighted by Gasteiger charge is 2.27. The first kappa shape index (κ1) is 21.0. The Hall–Kier alpha value is -2.74. The minimum Gasteiger partial charge on any atom is -0.350 e. The minimum atomic E-state index is -4.05. The summed E-state index contributed by atoms with van der Waals surface area (Å²) in [6, 6.07) is 18.7. The summed E-state index contributed by atoms with van der Waals surface area (Å²) in [7, 11) is -4.05. The molecule has 1 amide bonds. The highest BCUT2D eigenvalue weighted by atomic mass is 35.5. The Morgan fingerprint density at radius 2 is 1.55 bits per heavy atom. The standard InChI is InChI=1S/C21H18ClFN2O3S/c22-17-8-6-15(7-9-17)14-24-21(26)20(16-4-2-1-3-5-16)25-29(27,28)19-12-10-18(23)11-13-19/h1-13,20,25H,14H2,(H,24,26)/t20-/m0/s1. The van der Waals surface area contributed by atoms with E-state index in [1.807, 2.05) is 0 Å². The Balaban J connectivity index is 1.81. The first-order valence-electron chi connectivity index (χ1n) is 8.70. The van der Waals surface area contributed by atoms with Crippen LogP contribution >= 0.6 is 11.6 Å². The van der Waals surface area contributed by atoms with E-state index in [-0.39, 0.29) is 11.4 Å². The molecule has 3 aromatic carbocycles. The first-order chi connectivity index (χ1) is 13.8. The van der Waals surface area contributed by atoms with Crippen LogP contribution < -0.4 is 10.0 Å². The van der Waals surface area contributed by atoms with Crippen LogP contribution in [0.3, 0.4) is 0 Å². The van der Waals surface area contributed by atoms with E-state index in [0.717, 1.165) is 29.8 Å². The molecular formula is C21H18ClFN2O3S. The van der Waals surface area contributed by atoms with Gasteiger partial charge in [-0.2, -0.15) is 4.72 Å². The van der Waals surface area contributed by atoms with Crippen LogP contribution in [0.25, 0.3) is 0 Å². The number of nitrogens with one attached hydrogen (secondary N) is 2. The molecule has 0 aliphatic carbocycles. The molecular weight excluding hydrogens is 415 g/mol. The van der Waals surface area contributed by atoms with Gasteiger partial charge in [0.15, 0.2) is 0 Å². The Kier molecular flexibility index (Phi) is 6.64. The van der Waals surface area contributed by atoms with E-state index in [2.05, 4.69) is 10.0 Å². The summed E-state index contributed by atoms with van der Waals surface area (Å²) in [6.45, 7) is 0.206. The fourth-order valence-corrected chi connectivity index (χ4v) is 3.96. The van der Waals surface area contributed by atoms with Crippen LogP contribution in [-0.2, 0) is 21.4 Å². The smallest absolute Gasteiger partial charge is 0.243 e. The predicted octanol–water partition coefficient (Wildman–Crippen LogP) is 3.82. The molecule has 29 heavy (non-hydrogen) atoms. The van der Waals surface area contributed by atoms with Crippen molar-refractivity contribution in [3.63, 3.8) is 0 Å². The molecule has 8 heteroatoms. The lowest BCUT2D eigenvalue weighted by molar-refractivity contribution is -0.123. The molecule has 3 rings (SSSR count). The molecule has 0 fully saturated rings. The molecule has 0 aliphatic rings. The molecule has 0 spiro atoms. The van der Waals surface area contributed by atoms with Crippen LogP contribution in [-0.4, -0.2) is 14.3 Å². The Morgan fingerprint density at radius 1 is 0.931 bits per heavy atom. The van der Waals surface area contributed by atoms with Crippen molar-refractivity contribution in [2.75, 3.05) is 0 Å². The van der Waals surface area contributed by atoms with E-state index in [1.54, 1.807) is 54.6 Å². The predicted molar refractivity (Wildman–Crippen MR) is 109 cm³/mol. The third-order valence-corrected chi connectivity index (χ3v) is 5.86. The summed E-state index contributed by atoms with van der Waals surface area (Å²) in [5.41, 5.74) is 1.29. The van der Waals surface area contributed by atoms with E-state index in [9.17, 15) is 17.6 Å². The van der Waals surface area contributed by atoms with Gasteiger partial charge in [-0.25, -0.2) is 12.8 Å². The van der Waals surface area contributed by atoms with Gasteiger partial charge in [-0.3, -0.25) is 4.79 Å². The van der Waals surface area contributed by atoms with E-state index in [4.69, 9.17) is 11.6 Å². The van der Waals surface area contributed by atoms with E-state index < -0.39 is 27.8 Å². The van der Waals surface area contributed by atoms with Gasteiger partial charge in [-0.15, -0.1) is 0 Å². The van der Waals surface area contributed by atoms with Crippen LogP contribution in [0.4, 0.5) is 4.39 Å². The van der Waals surface area contributed by atoms with Crippen molar-refractivity contribution < 1.29 is 17.6 Å². The number of carbonyl (C=O) groups is 1. The maximum Gasteiger partial charge on any atom is 0.243 e. The SMILES string of the molecule is O=C(NCc1ccc(Cl)cc1)[C@@H](NS(=O)(=O)c1ccc(F)cc1)c1ccccc1. The maximum absolute atomic E-state index is 13.1. The summed E-state index contributed by atoms with van der Waals surface area (Å²) in [5, 5.41) is 3.31. The topological polar surface area (TPSA) is 75.3 Å². The van der Waals surface area contributed by atoms with Crippen LogP contribution in [0.1, 0.15) is 17.2 Å². The third kappa shape index (κ3) is 5.63. The Labute approximate surface area is 173 Å². The highest BCUT2D eigenvalue weighted by Crippen LogP contribution is 2.18. The van der Waals surface area contributed by atoms with E-state index in [1.165, 1.54) is 0 Å². The van der Waals surface area contributed by atoms with Crippen molar-refractivity contribution in [2.24, 2.45) is 0 Å². The number of hydrogen-bond acceptors (Lipinski definition) is 3. The molecule has 0 heterocycles. The number of carbonyl (C=O) groups excluding carboxylic acids is 1. The average molecular weight is 433 g/mol. The van der Waals surface area contributed by atoms with Crippen LogP contribution in [0.5, 0.6) is 0 Å². The fourth-order valence-electron chi connectivity index (χ4n) is 2.65. The van der Waals surface area contributed by atoms with Crippen LogP contribution in [0.2, 0.25) is 5.02 Å². The maximum atomic E-state index is 13.1. The van der Waals surface area contributed by atoms with E-state index in [0.29, 0.717) is 10.6 Å². The summed E-state index contributed by atoms with van der Waals surface area (Å²) < 4.78 is 41.0. The molecule has 0 saturated carbocycles. The molecule has 3 aromatic rings. The molecule has 0 aliphatic heterocycles. The van der Waals surface area contributed by atoms with Crippen molar-refractivity contribution >= 4 is 27.5 Å². The van der Waals surface area contributed by atoms with Gasteiger partial charge in [0.05, 0.1) is 4.90 Å². The second kappa shape index (κ2) is 9.17. The largest absolute Gasteiger partial charge is 0.350 e. The molecule has 0 saturated heterocycles. The first-order valence-corrected chi connectivity index (χ1v) is 10.6. The zero-order valence-corrected chi connectivity index (χ0v) is 16.8. The molecule has 2 N–H and O–H groups in total. The normalized spacial score (nSPS) is 12.3. The molecule has 150 valence electrons. The molecule has 0 unspecified atom stereocenters. The van der Waals surface area contributed by atoms with Crippen molar-refractivity contribution in [1.29, 1.82) is 0 Å². The molecule has 0 bridgehead atoms. The fraction of sp³-hybridized carbons (Fsp3) is 0.0952. The van der Waals surface area contributed by atoms with Crippen molar-refractivity contribution in [3.8, 4) is 0 Å². The van der Waals surface area contributed by atoms with Gasteiger partial charge in [0.25, 0.3) is 0 Å². The van der Waals surface area contributed by atoms with Crippen molar-refractivity contribution in [1.82, 2.24) is 10.0 Å². The Bertz CT molecular complexity index is 1070. The van der Waals surface area contributed by atoms with Gasteiger partial charge in [-0.1, -0.05) is 54.1 Å². The summed E-state index contributed by atoms with van der Waals surface area (Å²) in [6.07, 6.45) is 0. The number of benzene rings is 3. The van der Waals surface area contributed by atoms with Gasteiger partial charge >= 0.3 is 0 Å². The number of sulfonamides is 1. The van der Waals surface area contributed by atoms with Gasteiger partial charge in [0.2, 0.25) is 15.9 Å². The van der Waals surface area contributed by atoms with Crippen molar-refractivity contribution in [2.45, 2.75) is 17.5 Å². The van der Waals surface area contributed by atoms with Crippen molar-refractivity contribution in [3.05, 3.63) is 101 Å². The minimum absolute atomic E-state index is 0.134. The highest BCUT2D eigenvalue weighted by molar-refractivity contribution is 7.89. The Morgan fingerprint density at radius 3 is 2.17 bits per heavy atom. The van der Waals surface area contributed by atoms with E-state index >= 15 is 0 Å². The van der Waals surface area contributed by atoms with Gasteiger partial charge in [-0.05, 0) is 47.5 Å². The number of rotatable bonds is 7. The monoisotopic (exact) mass is 432 g/mol. The second-order valence-corrected chi connectivity index (χ2v) is 8.41.